The van der Waals surface area contributed by atoms with E-state index in [1.54, 1.807) is 0 Å². The van der Waals surface area contributed by atoms with Crippen LogP contribution in [0.15, 0.2) is 47.4 Å². The van der Waals surface area contributed by atoms with Crippen LogP contribution in [0.25, 0.3) is 0 Å². The van der Waals surface area contributed by atoms with Gasteiger partial charge in [-0.25, -0.2) is 13.1 Å². The van der Waals surface area contributed by atoms with Gasteiger partial charge < -0.3 is 4.90 Å². The van der Waals surface area contributed by atoms with Gasteiger partial charge in [0.25, 0.3) is 5.69 Å². The first kappa shape index (κ1) is 23.4. The predicted molar refractivity (Wildman–Crippen MR) is 122 cm³/mol. The minimum absolute atomic E-state index is 0.0193. The summed E-state index contributed by atoms with van der Waals surface area (Å²) in [6.45, 7) is 6.85. The Kier molecular flexibility index (Phi) is 7.80. The number of nitrogens with one attached hydrogen (secondary N) is 1. The minimum Gasteiger partial charge on any atom is -0.300 e. The molecule has 0 fully saturated rings. The summed E-state index contributed by atoms with van der Waals surface area (Å²) in [5, 5.41) is 10.8. The summed E-state index contributed by atoms with van der Waals surface area (Å²) >= 11 is 0. The number of aryl methyl sites for hydroxylation is 1. The third-order valence-corrected chi connectivity index (χ3v) is 7.25. The van der Waals surface area contributed by atoms with Crippen molar-refractivity contribution < 1.29 is 13.3 Å². The fourth-order valence-corrected chi connectivity index (χ4v) is 5.29. The number of hydrogen-bond acceptors (Lipinski definition) is 5. The summed E-state index contributed by atoms with van der Waals surface area (Å²) in [7, 11) is -3.74. The highest BCUT2D eigenvalue weighted by Gasteiger charge is 2.24. The second kappa shape index (κ2) is 10.3. The summed E-state index contributed by atoms with van der Waals surface area (Å²) in [6, 6.07) is 11.7. The van der Waals surface area contributed by atoms with E-state index in [1.807, 2.05) is 6.07 Å². The lowest BCUT2D eigenvalue weighted by Gasteiger charge is -2.35. The Morgan fingerprint density at radius 2 is 1.74 bits per heavy atom. The van der Waals surface area contributed by atoms with Gasteiger partial charge in [0, 0.05) is 24.7 Å². The average Bonchev–Trinajstić information content (AvgIpc) is 2.77. The van der Waals surface area contributed by atoms with Crippen molar-refractivity contribution in [1.29, 1.82) is 0 Å². The fraction of sp³-hybridized carbons (Fsp3) is 0.478. The maximum atomic E-state index is 12.6. The lowest BCUT2D eigenvalue weighted by Crippen LogP contribution is -2.40. The molecule has 0 heterocycles. The molecule has 1 atom stereocenters. The molecule has 1 N–H and O–H groups in total. The van der Waals surface area contributed by atoms with Crippen molar-refractivity contribution in [2.75, 3.05) is 13.1 Å². The summed E-state index contributed by atoms with van der Waals surface area (Å²) in [5.74, 6) is 0. The van der Waals surface area contributed by atoms with Crippen molar-refractivity contribution in [1.82, 2.24) is 9.62 Å². The zero-order valence-electron chi connectivity index (χ0n) is 18.2. The topological polar surface area (TPSA) is 92.6 Å². The number of nitro benzene ring substituents is 1. The second-order valence-electron chi connectivity index (χ2n) is 8.11. The number of benzene rings is 2. The Balaban J connectivity index is 1.68. The molecule has 2 aromatic rings. The molecular formula is C23H31N3O4S. The maximum Gasteiger partial charge on any atom is 0.269 e. The van der Waals surface area contributed by atoms with E-state index >= 15 is 0 Å². The van der Waals surface area contributed by atoms with Crippen LogP contribution in [0, 0.1) is 10.1 Å². The summed E-state index contributed by atoms with van der Waals surface area (Å²) in [5.41, 5.74) is 3.44. The van der Waals surface area contributed by atoms with Crippen LogP contribution < -0.4 is 4.72 Å². The molecule has 0 amide bonds. The third-order valence-electron chi connectivity index (χ3n) is 5.84. The van der Waals surface area contributed by atoms with Gasteiger partial charge in [0.1, 0.15) is 0 Å². The number of hydrogen-bond donors (Lipinski definition) is 1. The number of rotatable bonds is 10. The lowest BCUT2D eigenvalue weighted by molar-refractivity contribution is -0.384. The molecule has 0 saturated carbocycles. The van der Waals surface area contributed by atoms with Crippen LogP contribution >= 0.6 is 0 Å². The van der Waals surface area contributed by atoms with Crippen molar-refractivity contribution in [3.63, 3.8) is 0 Å². The van der Waals surface area contributed by atoms with E-state index in [9.17, 15) is 18.5 Å². The molecule has 0 spiro atoms. The Morgan fingerprint density at radius 3 is 2.35 bits per heavy atom. The largest absolute Gasteiger partial charge is 0.300 e. The lowest BCUT2D eigenvalue weighted by atomic mass is 9.86. The number of sulfonamides is 1. The van der Waals surface area contributed by atoms with E-state index in [1.165, 1.54) is 41.8 Å². The number of non-ortho nitro benzene ring substituents is 1. The van der Waals surface area contributed by atoms with E-state index in [0.29, 0.717) is 6.04 Å². The van der Waals surface area contributed by atoms with E-state index in [-0.39, 0.29) is 17.1 Å². The smallest absolute Gasteiger partial charge is 0.269 e. The first-order valence-corrected chi connectivity index (χ1v) is 12.4. The first-order chi connectivity index (χ1) is 14.8. The normalized spacial score (nSPS) is 16.3. The van der Waals surface area contributed by atoms with Gasteiger partial charge in [-0.1, -0.05) is 32.0 Å². The van der Waals surface area contributed by atoms with Crippen molar-refractivity contribution in [3.8, 4) is 0 Å². The molecule has 0 aliphatic heterocycles. The summed E-state index contributed by atoms with van der Waals surface area (Å²) in [6.07, 6.45) is 5.51. The van der Waals surface area contributed by atoms with Crippen molar-refractivity contribution in [2.24, 2.45) is 0 Å². The van der Waals surface area contributed by atoms with Crippen LogP contribution in [0.5, 0.6) is 0 Å². The number of nitrogens with zero attached hydrogens (tertiary/aromatic N) is 2. The summed E-state index contributed by atoms with van der Waals surface area (Å²) in [4.78, 5) is 12.8. The van der Waals surface area contributed by atoms with Crippen LogP contribution in [0.3, 0.4) is 0 Å². The van der Waals surface area contributed by atoms with Gasteiger partial charge >= 0.3 is 0 Å². The van der Waals surface area contributed by atoms with Gasteiger partial charge in [-0.3, -0.25) is 10.1 Å². The first-order valence-electron chi connectivity index (χ1n) is 10.9. The summed E-state index contributed by atoms with van der Waals surface area (Å²) < 4.78 is 27.8. The molecule has 2 aromatic carbocycles. The molecule has 8 heteroatoms. The molecule has 31 heavy (non-hydrogen) atoms. The maximum absolute atomic E-state index is 12.6. The molecule has 0 saturated heterocycles. The molecule has 0 aromatic heterocycles. The standard InChI is InChI=1S/C23H31N3O4S/c1-3-13-25(14-4-2)22-8-7-19-6-5-18(15-20(19)16-22)17-24-31(29,30)23-11-9-21(10-12-23)26(27)28/h5-6,9-12,15,22,24H,3-4,7-8,13-14,16-17H2,1-2H3/t22-/m1/s1. The van der Waals surface area contributed by atoms with Gasteiger partial charge in [0.15, 0.2) is 0 Å². The molecule has 0 radical (unpaired) electrons. The Bertz CT molecular complexity index is 1000. The fourth-order valence-electron chi connectivity index (χ4n) is 4.27. The van der Waals surface area contributed by atoms with Crippen LogP contribution in [-0.2, 0) is 29.4 Å². The quantitative estimate of drug-likeness (QED) is 0.440. The van der Waals surface area contributed by atoms with Crippen LogP contribution in [0.2, 0.25) is 0 Å². The van der Waals surface area contributed by atoms with Gasteiger partial charge in [-0.2, -0.15) is 0 Å². The van der Waals surface area contributed by atoms with Gasteiger partial charge in [0.2, 0.25) is 10.0 Å². The molecule has 3 rings (SSSR count). The molecule has 0 unspecified atom stereocenters. The monoisotopic (exact) mass is 445 g/mol. The van der Waals surface area contributed by atoms with Gasteiger partial charge in [0.05, 0.1) is 9.82 Å². The highest BCUT2D eigenvalue weighted by molar-refractivity contribution is 7.89. The highest BCUT2D eigenvalue weighted by atomic mass is 32.2. The van der Waals surface area contributed by atoms with Crippen LogP contribution in [0.1, 0.15) is 49.8 Å². The SMILES string of the molecule is CCCN(CCC)[C@@H]1CCc2ccc(CNS(=O)(=O)c3ccc([N+](=O)[O-])cc3)cc2C1. The van der Waals surface area contributed by atoms with Crippen molar-refractivity contribution in [2.45, 2.75) is 63.4 Å². The molecule has 1 aliphatic carbocycles. The number of fused-ring (bicyclic) bond motifs is 1. The van der Waals surface area contributed by atoms with Gasteiger partial charge in [-0.15, -0.1) is 0 Å². The molecular weight excluding hydrogens is 414 g/mol. The molecule has 0 bridgehead atoms. The second-order valence-corrected chi connectivity index (χ2v) is 9.88. The average molecular weight is 446 g/mol. The zero-order valence-corrected chi connectivity index (χ0v) is 19.0. The van der Waals surface area contributed by atoms with Crippen molar-refractivity contribution in [3.05, 3.63) is 69.3 Å². The predicted octanol–water partition coefficient (Wildman–Crippen LogP) is 4.05. The third kappa shape index (κ3) is 5.90. The Labute approximate surface area is 184 Å². The van der Waals surface area contributed by atoms with E-state index in [2.05, 4.69) is 35.6 Å². The zero-order chi connectivity index (χ0) is 22.4. The van der Waals surface area contributed by atoms with Crippen molar-refractivity contribution >= 4 is 15.7 Å². The van der Waals surface area contributed by atoms with E-state index in [0.717, 1.165) is 44.3 Å². The minimum atomic E-state index is -3.74. The molecule has 168 valence electrons. The highest BCUT2D eigenvalue weighted by Crippen LogP contribution is 2.26. The Morgan fingerprint density at radius 1 is 1.06 bits per heavy atom. The molecule has 1 aliphatic rings. The van der Waals surface area contributed by atoms with Gasteiger partial charge in [-0.05, 0) is 74.0 Å². The number of nitro groups is 1. The van der Waals surface area contributed by atoms with E-state index in [4.69, 9.17) is 0 Å². The van der Waals surface area contributed by atoms with E-state index < -0.39 is 14.9 Å². The van der Waals surface area contributed by atoms with Crippen LogP contribution in [0.4, 0.5) is 5.69 Å². The van der Waals surface area contributed by atoms with Crippen LogP contribution in [-0.4, -0.2) is 37.4 Å². The Hall–Kier alpha value is -2.29. The molecule has 7 nitrogen and oxygen atoms in total.